The van der Waals surface area contributed by atoms with Gasteiger partial charge in [0.2, 0.25) is 21.8 Å². The van der Waals surface area contributed by atoms with Crippen molar-refractivity contribution in [3.63, 3.8) is 0 Å². The van der Waals surface area contributed by atoms with Gasteiger partial charge in [-0.25, -0.2) is 8.42 Å². The average Bonchev–Trinajstić information content (AvgIpc) is 2.75. The number of amides is 2. The second kappa shape index (κ2) is 11.9. The van der Waals surface area contributed by atoms with Crippen LogP contribution < -0.4 is 9.62 Å². The first-order valence-electron chi connectivity index (χ1n) is 10.5. The number of halogens is 2. The maximum Gasteiger partial charge on any atom is 0.244 e. The number of nitrogens with one attached hydrogen (secondary N) is 1. The minimum Gasteiger partial charge on any atom is -0.354 e. The van der Waals surface area contributed by atoms with Gasteiger partial charge in [0.25, 0.3) is 0 Å². The van der Waals surface area contributed by atoms with Gasteiger partial charge < -0.3 is 10.2 Å². The molecule has 0 aliphatic heterocycles. The van der Waals surface area contributed by atoms with Crippen molar-refractivity contribution in [1.29, 1.82) is 0 Å². The summed E-state index contributed by atoms with van der Waals surface area (Å²) in [4.78, 5) is 27.6. The fourth-order valence-electron chi connectivity index (χ4n) is 3.27. The van der Waals surface area contributed by atoms with Crippen LogP contribution in [0.3, 0.4) is 0 Å². The second-order valence-electron chi connectivity index (χ2n) is 7.77. The van der Waals surface area contributed by atoms with Crippen molar-refractivity contribution in [3.8, 4) is 0 Å². The Balaban J connectivity index is 2.42. The molecule has 7 nitrogen and oxygen atoms in total. The number of hydrogen-bond donors (Lipinski definition) is 1. The van der Waals surface area contributed by atoms with Gasteiger partial charge in [-0.2, -0.15) is 0 Å². The Hall–Kier alpha value is -2.10. The van der Waals surface area contributed by atoms with Gasteiger partial charge in [0.05, 0.1) is 11.9 Å². The summed E-state index contributed by atoms with van der Waals surface area (Å²) in [6.45, 7) is 5.44. The van der Waals surface area contributed by atoms with E-state index in [-0.39, 0.29) is 12.5 Å². The summed E-state index contributed by atoms with van der Waals surface area (Å²) >= 11 is 9.61. The first kappa shape index (κ1) is 27.1. The summed E-state index contributed by atoms with van der Waals surface area (Å²) in [5.41, 5.74) is 1.67. The molecule has 10 heteroatoms. The molecule has 0 heterocycles. The third-order valence-corrected chi connectivity index (χ3v) is 7.17. The molecule has 2 aromatic rings. The summed E-state index contributed by atoms with van der Waals surface area (Å²) in [6.07, 6.45) is 1.80. The topological polar surface area (TPSA) is 86.8 Å². The molecular formula is C23H29BrClN3O4S. The van der Waals surface area contributed by atoms with Gasteiger partial charge >= 0.3 is 0 Å². The maximum atomic E-state index is 13.5. The van der Waals surface area contributed by atoms with Crippen LogP contribution in [0.15, 0.2) is 46.9 Å². The van der Waals surface area contributed by atoms with E-state index in [1.54, 1.807) is 32.0 Å². The number of carbonyl (C=O) groups excluding carboxylic acids is 2. The Bertz CT molecular complexity index is 1110. The van der Waals surface area contributed by atoms with Crippen LogP contribution in [0.2, 0.25) is 5.02 Å². The molecule has 0 saturated heterocycles. The van der Waals surface area contributed by atoms with Crippen molar-refractivity contribution in [2.75, 3.05) is 23.7 Å². The second-order valence-corrected chi connectivity index (χ2v) is 11.0. The van der Waals surface area contributed by atoms with Crippen LogP contribution >= 0.6 is 27.5 Å². The van der Waals surface area contributed by atoms with Crippen LogP contribution in [-0.4, -0.2) is 50.5 Å². The van der Waals surface area contributed by atoms with Crippen molar-refractivity contribution < 1.29 is 18.0 Å². The molecule has 1 N–H and O–H groups in total. The highest BCUT2D eigenvalue weighted by Crippen LogP contribution is 2.28. The fraction of sp³-hybridized carbons (Fsp3) is 0.391. The molecule has 33 heavy (non-hydrogen) atoms. The predicted molar refractivity (Wildman–Crippen MR) is 136 cm³/mol. The zero-order chi connectivity index (χ0) is 24.8. The van der Waals surface area contributed by atoms with Crippen LogP contribution in [0.25, 0.3) is 0 Å². The number of nitrogens with zero attached hydrogens (tertiary/aromatic N) is 2. The summed E-state index contributed by atoms with van der Waals surface area (Å²) in [7, 11) is -3.81. The van der Waals surface area contributed by atoms with E-state index in [0.29, 0.717) is 22.8 Å². The molecule has 0 saturated carbocycles. The lowest BCUT2D eigenvalue weighted by Gasteiger charge is -2.32. The third-order valence-electron chi connectivity index (χ3n) is 5.15. The van der Waals surface area contributed by atoms with Crippen LogP contribution in [0.1, 0.15) is 31.4 Å². The van der Waals surface area contributed by atoms with Gasteiger partial charge in [-0.1, -0.05) is 52.7 Å². The van der Waals surface area contributed by atoms with E-state index in [9.17, 15) is 18.0 Å². The summed E-state index contributed by atoms with van der Waals surface area (Å²) in [5.74, 6) is -0.802. The number of rotatable bonds is 10. The summed E-state index contributed by atoms with van der Waals surface area (Å²) in [6, 6.07) is 11.5. The zero-order valence-electron chi connectivity index (χ0n) is 19.1. The zero-order valence-corrected chi connectivity index (χ0v) is 22.3. The number of sulfonamides is 1. The molecule has 2 rings (SSSR count). The Kier molecular flexibility index (Phi) is 9.75. The van der Waals surface area contributed by atoms with Gasteiger partial charge in [-0.15, -0.1) is 0 Å². The molecule has 0 radical (unpaired) electrons. The van der Waals surface area contributed by atoms with E-state index in [0.717, 1.165) is 27.0 Å². The number of hydrogen-bond acceptors (Lipinski definition) is 4. The molecule has 180 valence electrons. The van der Waals surface area contributed by atoms with Crippen molar-refractivity contribution >= 4 is 55.1 Å². The smallest absolute Gasteiger partial charge is 0.244 e. The van der Waals surface area contributed by atoms with Gasteiger partial charge in [0.1, 0.15) is 12.6 Å². The first-order chi connectivity index (χ1) is 15.5. The van der Waals surface area contributed by atoms with Crippen molar-refractivity contribution in [1.82, 2.24) is 10.2 Å². The lowest BCUT2D eigenvalue weighted by molar-refractivity contribution is -0.139. The highest BCUT2D eigenvalue weighted by Gasteiger charge is 2.30. The Morgan fingerprint density at radius 2 is 1.85 bits per heavy atom. The van der Waals surface area contributed by atoms with Crippen molar-refractivity contribution in [2.45, 2.75) is 39.8 Å². The minimum atomic E-state index is -3.81. The molecule has 1 atom stereocenters. The van der Waals surface area contributed by atoms with Gasteiger partial charge in [-0.05, 0) is 55.7 Å². The van der Waals surface area contributed by atoms with E-state index in [4.69, 9.17) is 11.6 Å². The predicted octanol–water partition coefficient (Wildman–Crippen LogP) is 4.12. The molecule has 0 bridgehead atoms. The molecule has 0 unspecified atom stereocenters. The maximum absolute atomic E-state index is 13.5. The lowest BCUT2D eigenvalue weighted by atomic mass is 10.1. The number of benzene rings is 2. The Morgan fingerprint density at radius 1 is 1.18 bits per heavy atom. The van der Waals surface area contributed by atoms with Gasteiger partial charge in [-0.3, -0.25) is 13.9 Å². The molecule has 0 spiro atoms. The van der Waals surface area contributed by atoms with E-state index >= 15 is 0 Å². The van der Waals surface area contributed by atoms with Gasteiger partial charge in [0.15, 0.2) is 0 Å². The number of anilines is 1. The van der Waals surface area contributed by atoms with E-state index < -0.39 is 28.5 Å². The van der Waals surface area contributed by atoms with Crippen molar-refractivity contribution in [2.24, 2.45) is 0 Å². The van der Waals surface area contributed by atoms with E-state index in [1.807, 2.05) is 31.2 Å². The summed E-state index contributed by atoms with van der Waals surface area (Å²) < 4.78 is 27.1. The van der Waals surface area contributed by atoms with Gasteiger partial charge in [0, 0.05) is 22.6 Å². The molecule has 2 amide bonds. The minimum absolute atomic E-state index is 0.144. The molecule has 0 aromatic heterocycles. The SMILES string of the molecule is CCCNC(=O)[C@H](C)N(Cc1cccc(Br)c1)C(=O)CN(c1cccc(Cl)c1C)S(C)(=O)=O. The fourth-order valence-corrected chi connectivity index (χ4v) is 4.79. The van der Waals surface area contributed by atoms with Crippen LogP contribution in [0.4, 0.5) is 5.69 Å². The Labute approximate surface area is 209 Å². The third kappa shape index (κ3) is 7.45. The molecular weight excluding hydrogens is 530 g/mol. The van der Waals surface area contributed by atoms with E-state index in [1.165, 1.54) is 4.90 Å². The molecule has 0 aliphatic rings. The summed E-state index contributed by atoms with van der Waals surface area (Å²) in [5, 5.41) is 3.20. The molecule has 0 aliphatic carbocycles. The first-order valence-corrected chi connectivity index (χ1v) is 13.5. The normalized spacial score (nSPS) is 12.2. The standard InChI is InChI=1S/C23H29BrClN3O4S/c1-5-12-26-23(30)17(3)27(14-18-8-6-9-19(24)13-18)22(29)15-28(33(4,31)32)21-11-7-10-20(25)16(21)2/h6-11,13,17H,5,12,14-15H2,1-4H3,(H,26,30)/t17-/m0/s1. The highest BCUT2D eigenvalue weighted by atomic mass is 79.9. The lowest BCUT2D eigenvalue weighted by Crippen LogP contribution is -2.51. The van der Waals surface area contributed by atoms with Crippen molar-refractivity contribution in [3.05, 3.63) is 63.1 Å². The molecule has 2 aromatic carbocycles. The largest absolute Gasteiger partial charge is 0.354 e. The molecule has 0 fully saturated rings. The Morgan fingerprint density at radius 3 is 2.45 bits per heavy atom. The quantitative estimate of drug-likeness (QED) is 0.475. The number of carbonyl (C=O) groups is 2. The average molecular weight is 559 g/mol. The highest BCUT2D eigenvalue weighted by molar-refractivity contribution is 9.10. The monoisotopic (exact) mass is 557 g/mol. The van der Waals surface area contributed by atoms with E-state index in [2.05, 4.69) is 21.2 Å². The van der Waals surface area contributed by atoms with Crippen LogP contribution in [0, 0.1) is 6.92 Å². The van der Waals surface area contributed by atoms with Crippen LogP contribution in [0.5, 0.6) is 0 Å². The van der Waals surface area contributed by atoms with Crippen LogP contribution in [-0.2, 0) is 26.2 Å².